The van der Waals surface area contributed by atoms with Gasteiger partial charge in [-0.2, -0.15) is 0 Å². The standard InChI is InChI=1S/C11H17N3O2/c1-9(2)7-16-5-4-12-10-6-11(15-3)14-8-13-10/h6,8H,1,4-5,7H2,2-3H3,(H,12,13,14). The van der Waals surface area contributed by atoms with Gasteiger partial charge in [0.1, 0.15) is 12.1 Å². The largest absolute Gasteiger partial charge is 0.481 e. The SMILES string of the molecule is C=C(C)COCCNc1cc(OC)ncn1. The Bertz CT molecular complexity index is 342. The van der Waals surface area contributed by atoms with Crippen LogP contribution in [0.3, 0.4) is 0 Å². The number of aromatic nitrogens is 2. The van der Waals surface area contributed by atoms with Crippen LogP contribution in [0.5, 0.6) is 5.88 Å². The van der Waals surface area contributed by atoms with Crippen molar-refractivity contribution >= 4 is 5.82 Å². The fourth-order valence-corrected chi connectivity index (χ4v) is 1.05. The molecule has 0 amide bonds. The second-order valence-corrected chi connectivity index (χ2v) is 3.38. The molecule has 16 heavy (non-hydrogen) atoms. The van der Waals surface area contributed by atoms with Gasteiger partial charge in [0.25, 0.3) is 0 Å². The highest BCUT2D eigenvalue weighted by Crippen LogP contribution is 2.09. The summed E-state index contributed by atoms with van der Waals surface area (Å²) in [6.45, 7) is 7.57. The maximum atomic E-state index is 5.34. The van der Waals surface area contributed by atoms with E-state index >= 15 is 0 Å². The van der Waals surface area contributed by atoms with Crippen LogP contribution in [0.15, 0.2) is 24.5 Å². The van der Waals surface area contributed by atoms with Crippen LogP contribution in [0.25, 0.3) is 0 Å². The molecule has 0 radical (unpaired) electrons. The first-order valence-corrected chi connectivity index (χ1v) is 5.04. The molecule has 1 N–H and O–H groups in total. The lowest BCUT2D eigenvalue weighted by Crippen LogP contribution is -2.11. The molecule has 0 saturated heterocycles. The van der Waals surface area contributed by atoms with Gasteiger partial charge in [0.15, 0.2) is 0 Å². The Morgan fingerprint density at radius 1 is 1.50 bits per heavy atom. The number of anilines is 1. The molecule has 5 heteroatoms. The van der Waals surface area contributed by atoms with E-state index in [1.165, 1.54) is 6.33 Å². The van der Waals surface area contributed by atoms with Crippen molar-refractivity contribution in [1.29, 1.82) is 0 Å². The van der Waals surface area contributed by atoms with E-state index < -0.39 is 0 Å². The molecule has 0 aliphatic heterocycles. The summed E-state index contributed by atoms with van der Waals surface area (Å²) in [5, 5.41) is 3.11. The minimum Gasteiger partial charge on any atom is -0.481 e. The molecule has 0 aromatic carbocycles. The molecular formula is C11H17N3O2. The van der Waals surface area contributed by atoms with Crippen molar-refractivity contribution in [1.82, 2.24) is 9.97 Å². The molecule has 0 aliphatic carbocycles. The lowest BCUT2D eigenvalue weighted by atomic mass is 10.4. The Morgan fingerprint density at radius 3 is 3.00 bits per heavy atom. The predicted molar refractivity (Wildman–Crippen MR) is 62.7 cm³/mol. The van der Waals surface area contributed by atoms with Gasteiger partial charge in [-0.1, -0.05) is 12.2 Å². The Hall–Kier alpha value is -1.62. The third-order valence-corrected chi connectivity index (χ3v) is 1.75. The summed E-state index contributed by atoms with van der Waals surface area (Å²) >= 11 is 0. The van der Waals surface area contributed by atoms with Crippen molar-refractivity contribution in [2.24, 2.45) is 0 Å². The average Bonchev–Trinajstić information content (AvgIpc) is 2.28. The highest BCUT2D eigenvalue weighted by molar-refractivity contribution is 5.36. The maximum absolute atomic E-state index is 5.34. The van der Waals surface area contributed by atoms with Crippen molar-refractivity contribution in [3.8, 4) is 5.88 Å². The van der Waals surface area contributed by atoms with Crippen molar-refractivity contribution in [2.75, 3.05) is 32.2 Å². The van der Waals surface area contributed by atoms with Gasteiger partial charge >= 0.3 is 0 Å². The van der Waals surface area contributed by atoms with E-state index in [0.717, 1.165) is 11.4 Å². The van der Waals surface area contributed by atoms with Gasteiger partial charge in [-0.25, -0.2) is 9.97 Å². The van der Waals surface area contributed by atoms with E-state index in [0.29, 0.717) is 25.6 Å². The molecule has 0 unspecified atom stereocenters. The Labute approximate surface area is 95.5 Å². The second-order valence-electron chi connectivity index (χ2n) is 3.38. The molecule has 1 aromatic rings. The smallest absolute Gasteiger partial charge is 0.218 e. The van der Waals surface area contributed by atoms with E-state index in [1.807, 2.05) is 6.92 Å². The lowest BCUT2D eigenvalue weighted by Gasteiger charge is -2.07. The van der Waals surface area contributed by atoms with Gasteiger partial charge in [0.2, 0.25) is 5.88 Å². The third kappa shape index (κ3) is 4.75. The first-order chi connectivity index (χ1) is 7.72. The number of hydrogen-bond acceptors (Lipinski definition) is 5. The van der Waals surface area contributed by atoms with E-state index in [4.69, 9.17) is 9.47 Å². The zero-order valence-corrected chi connectivity index (χ0v) is 9.69. The number of hydrogen-bond donors (Lipinski definition) is 1. The highest BCUT2D eigenvalue weighted by Gasteiger charge is 1.97. The second kappa shape index (κ2) is 6.79. The molecule has 0 aliphatic rings. The van der Waals surface area contributed by atoms with Crippen molar-refractivity contribution in [3.05, 3.63) is 24.5 Å². The van der Waals surface area contributed by atoms with E-state index in [9.17, 15) is 0 Å². The zero-order chi connectivity index (χ0) is 11.8. The van der Waals surface area contributed by atoms with Crippen molar-refractivity contribution in [3.63, 3.8) is 0 Å². The molecular weight excluding hydrogens is 206 g/mol. The summed E-state index contributed by atoms with van der Waals surface area (Å²) in [6.07, 6.45) is 1.45. The van der Waals surface area contributed by atoms with Crippen LogP contribution in [0, 0.1) is 0 Å². The molecule has 0 fully saturated rings. The Morgan fingerprint density at radius 2 is 2.31 bits per heavy atom. The van der Waals surface area contributed by atoms with Crippen molar-refractivity contribution < 1.29 is 9.47 Å². The third-order valence-electron chi connectivity index (χ3n) is 1.75. The summed E-state index contributed by atoms with van der Waals surface area (Å²) < 4.78 is 10.3. The summed E-state index contributed by atoms with van der Waals surface area (Å²) in [5.41, 5.74) is 1.02. The van der Waals surface area contributed by atoms with Gasteiger partial charge < -0.3 is 14.8 Å². The summed E-state index contributed by atoms with van der Waals surface area (Å²) in [5.74, 6) is 1.27. The van der Waals surface area contributed by atoms with Gasteiger partial charge in [-0.3, -0.25) is 0 Å². The minimum absolute atomic E-state index is 0.542. The fourth-order valence-electron chi connectivity index (χ4n) is 1.05. The van der Waals surface area contributed by atoms with Gasteiger partial charge in [0, 0.05) is 12.6 Å². The summed E-state index contributed by atoms with van der Waals surface area (Å²) in [7, 11) is 1.57. The van der Waals surface area contributed by atoms with Gasteiger partial charge in [-0.15, -0.1) is 0 Å². The Balaban J connectivity index is 2.23. The van der Waals surface area contributed by atoms with Crippen LogP contribution >= 0.6 is 0 Å². The number of nitrogens with one attached hydrogen (secondary N) is 1. The van der Waals surface area contributed by atoms with Crippen LogP contribution < -0.4 is 10.1 Å². The van der Waals surface area contributed by atoms with Crippen LogP contribution in [0.2, 0.25) is 0 Å². The fraction of sp³-hybridized carbons (Fsp3) is 0.455. The number of ether oxygens (including phenoxy) is 2. The molecule has 1 aromatic heterocycles. The molecule has 0 bridgehead atoms. The molecule has 88 valence electrons. The zero-order valence-electron chi connectivity index (χ0n) is 9.69. The molecule has 5 nitrogen and oxygen atoms in total. The van der Waals surface area contributed by atoms with Crippen LogP contribution in [-0.2, 0) is 4.74 Å². The predicted octanol–water partition coefficient (Wildman–Crippen LogP) is 1.49. The lowest BCUT2D eigenvalue weighted by molar-refractivity contribution is 0.167. The number of methoxy groups -OCH3 is 1. The summed E-state index contributed by atoms with van der Waals surface area (Å²) in [4.78, 5) is 7.95. The number of nitrogens with zero attached hydrogens (tertiary/aromatic N) is 2. The van der Waals surface area contributed by atoms with Crippen LogP contribution in [0.1, 0.15) is 6.92 Å². The highest BCUT2D eigenvalue weighted by atomic mass is 16.5. The molecule has 0 spiro atoms. The molecule has 0 saturated carbocycles. The summed E-state index contributed by atoms with van der Waals surface area (Å²) in [6, 6.07) is 1.73. The quantitative estimate of drug-likeness (QED) is 0.560. The van der Waals surface area contributed by atoms with E-state index in [1.54, 1.807) is 13.2 Å². The van der Waals surface area contributed by atoms with Gasteiger partial charge in [0.05, 0.1) is 20.3 Å². The Kier molecular flexibility index (Phi) is 5.28. The van der Waals surface area contributed by atoms with Gasteiger partial charge in [-0.05, 0) is 6.92 Å². The first kappa shape index (κ1) is 12.4. The monoisotopic (exact) mass is 223 g/mol. The first-order valence-electron chi connectivity index (χ1n) is 5.04. The minimum atomic E-state index is 0.542. The van der Waals surface area contributed by atoms with Crippen LogP contribution in [-0.4, -0.2) is 36.8 Å². The van der Waals surface area contributed by atoms with Crippen molar-refractivity contribution in [2.45, 2.75) is 6.92 Å². The number of rotatable bonds is 7. The molecule has 1 heterocycles. The van der Waals surface area contributed by atoms with E-state index in [2.05, 4.69) is 21.9 Å². The maximum Gasteiger partial charge on any atom is 0.218 e. The molecule has 0 atom stereocenters. The topological polar surface area (TPSA) is 56.3 Å². The molecule has 1 rings (SSSR count). The van der Waals surface area contributed by atoms with Crippen LogP contribution in [0.4, 0.5) is 5.82 Å². The average molecular weight is 223 g/mol. The normalized spacial score (nSPS) is 9.88. The van der Waals surface area contributed by atoms with E-state index in [-0.39, 0.29) is 0 Å².